The van der Waals surface area contributed by atoms with Gasteiger partial charge in [-0.2, -0.15) is 22.3 Å². The molecule has 0 N–H and O–H groups in total. The Balaban J connectivity index is 2.61. The van der Waals surface area contributed by atoms with Crippen LogP contribution in [-0.2, 0) is 0 Å². The number of rotatable bonds is 0. The Kier molecular flexibility index (Phi) is 1.80. The molecule has 0 spiro atoms. The van der Waals surface area contributed by atoms with Crippen LogP contribution in [0.3, 0.4) is 0 Å². The van der Waals surface area contributed by atoms with Crippen LogP contribution in [0.5, 0.6) is 0 Å². The zero-order valence-corrected chi connectivity index (χ0v) is 5.48. The molecule has 0 aromatic heterocycles. The maximum absolute atomic E-state index is 11.5. The zero-order chi connectivity index (χ0) is 6.91. The van der Waals surface area contributed by atoms with Crippen molar-refractivity contribution in [2.45, 2.75) is 6.18 Å². The molecule has 0 saturated heterocycles. The highest BCUT2D eigenvalue weighted by molar-refractivity contribution is 8.76. The summed E-state index contributed by atoms with van der Waals surface area (Å²) in [6.07, 6.45) is -4.38. The van der Waals surface area contributed by atoms with E-state index in [1.54, 1.807) is 0 Å². The smallest absolute Gasteiger partial charge is 0.178 e. The van der Waals surface area contributed by atoms with Gasteiger partial charge in [-0.15, -0.1) is 0 Å². The van der Waals surface area contributed by atoms with Crippen LogP contribution in [0.2, 0.25) is 0 Å². The summed E-state index contributed by atoms with van der Waals surface area (Å²) in [7, 11) is 1.45. The van der Waals surface area contributed by atoms with Gasteiger partial charge in [0.2, 0.25) is 0 Å². The summed E-state index contributed by atoms with van der Waals surface area (Å²) in [4.78, 5) is 0. The molecule has 0 saturated carbocycles. The SMILES string of the molecule is FC(F)(F)C1=NSS[N]1. The van der Waals surface area contributed by atoms with Gasteiger partial charge >= 0.3 is 6.18 Å². The van der Waals surface area contributed by atoms with Gasteiger partial charge in [0.05, 0.1) is 22.0 Å². The van der Waals surface area contributed by atoms with Gasteiger partial charge in [-0.05, 0) is 0 Å². The highest BCUT2D eigenvalue weighted by Crippen LogP contribution is 2.32. The molecule has 0 aromatic rings. The maximum atomic E-state index is 11.5. The molecule has 2 nitrogen and oxygen atoms in total. The molecule has 0 aromatic carbocycles. The Bertz CT molecular complexity index is 141. The Morgan fingerprint density at radius 1 is 1.22 bits per heavy atom. The highest BCUT2D eigenvalue weighted by atomic mass is 33.1. The summed E-state index contributed by atoms with van der Waals surface area (Å²) in [5, 5.41) is 0. The van der Waals surface area contributed by atoms with Gasteiger partial charge < -0.3 is 0 Å². The van der Waals surface area contributed by atoms with Crippen LogP contribution in [0.15, 0.2) is 4.40 Å². The van der Waals surface area contributed by atoms with Crippen LogP contribution in [0.4, 0.5) is 13.2 Å². The van der Waals surface area contributed by atoms with Gasteiger partial charge in [-0.25, -0.2) is 0 Å². The fraction of sp³-hybridized carbons (Fsp3) is 0.500. The van der Waals surface area contributed by atoms with Crippen LogP contribution in [0.1, 0.15) is 0 Å². The van der Waals surface area contributed by atoms with Crippen molar-refractivity contribution in [1.82, 2.24) is 4.72 Å². The molecular weight excluding hydrogens is 173 g/mol. The molecule has 1 heterocycles. The summed E-state index contributed by atoms with van der Waals surface area (Å²) in [5.74, 6) is -1.04. The molecule has 0 amide bonds. The molecule has 0 atom stereocenters. The second kappa shape index (κ2) is 2.30. The molecule has 51 valence electrons. The van der Waals surface area contributed by atoms with E-state index in [4.69, 9.17) is 0 Å². The number of hydrogen-bond donors (Lipinski definition) is 0. The molecule has 0 bridgehead atoms. The predicted octanol–water partition coefficient (Wildman–Crippen LogP) is 1.78. The lowest BCUT2D eigenvalue weighted by molar-refractivity contribution is -0.0603. The standard InChI is InChI=1S/C2F3N2S2/c3-2(4,5)1-6-8-9-7-1. The fourth-order valence-corrected chi connectivity index (χ4v) is 1.40. The minimum absolute atomic E-state index is 0.727. The molecule has 1 radical (unpaired) electrons. The third-order valence-electron chi connectivity index (χ3n) is 0.534. The quantitative estimate of drug-likeness (QED) is 0.412. The molecule has 0 fully saturated rings. The number of halogens is 3. The van der Waals surface area contributed by atoms with Crippen molar-refractivity contribution in [3.63, 3.8) is 0 Å². The van der Waals surface area contributed by atoms with Gasteiger partial charge in [-0.3, -0.25) is 0 Å². The molecule has 9 heavy (non-hydrogen) atoms. The van der Waals surface area contributed by atoms with E-state index in [9.17, 15) is 13.2 Å². The number of amidine groups is 1. The summed E-state index contributed by atoms with van der Waals surface area (Å²) < 4.78 is 40.6. The van der Waals surface area contributed by atoms with E-state index < -0.39 is 12.0 Å². The van der Waals surface area contributed by atoms with E-state index in [0.717, 1.165) is 22.0 Å². The number of hydrogen-bond acceptors (Lipinski definition) is 3. The lowest BCUT2D eigenvalue weighted by atomic mass is 10.6. The van der Waals surface area contributed by atoms with Crippen molar-refractivity contribution < 1.29 is 13.2 Å². The van der Waals surface area contributed by atoms with Crippen molar-refractivity contribution in [3.8, 4) is 0 Å². The first-order valence-corrected chi connectivity index (χ1v) is 3.86. The Labute approximate surface area is 57.0 Å². The van der Waals surface area contributed by atoms with Crippen molar-refractivity contribution in [3.05, 3.63) is 0 Å². The van der Waals surface area contributed by atoms with Gasteiger partial charge in [0.15, 0.2) is 0 Å². The van der Waals surface area contributed by atoms with Gasteiger partial charge in [0, 0.05) is 0 Å². The van der Waals surface area contributed by atoms with E-state index in [-0.39, 0.29) is 0 Å². The monoisotopic (exact) mass is 173 g/mol. The normalized spacial score (nSPS) is 19.2. The largest absolute Gasteiger partial charge is 0.452 e. The Hall–Kier alpha value is -0.0400. The van der Waals surface area contributed by atoms with Crippen LogP contribution in [-0.4, -0.2) is 12.0 Å². The summed E-state index contributed by atoms with van der Waals surface area (Å²) in [6, 6.07) is 0. The molecule has 1 rings (SSSR count). The maximum Gasteiger partial charge on any atom is 0.452 e. The lowest BCUT2D eigenvalue weighted by Crippen LogP contribution is -2.26. The molecule has 1 aliphatic rings. The first kappa shape index (κ1) is 7.07. The molecular formula is C2F3N2S2. The minimum atomic E-state index is -4.38. The van der Waals surface area contributed by atoms with E-state index in [1.165, 1.54) is 0 Å². The number of nitrogens with zero attached hydrogens (tertiary/aromatic N) is 2. The zero-order valence-electron chi connectivity index (χ0n) is 3.84. The molecule has 7 heteroatoms. The third kappa shape index (κ3) is 1.68. The second-order valence-corrected chi connectivity index (χ2v) is 2.71. The van der Waals surface area contributed by atoms with Crippen LogP contribution >= 0.6 is 22.0 Å². The van der Waals surface area contributed by atoms with Crippen molar-refractivity contribution >= 4 is 27.8 Å². The Morgan fingerprint density at radius 2 is 1.89 bits per heavy atom. The lowest BCUT2D eigenvalue weighted by Gasteiger charge is -2.00. The summed E-state index contributed by atoms with van der Waals surface area (Å²) in [6.45, 7) is 0. The molecule has 1 aliphatic heterocycles. The minimum Gasteiger partial charge on any atom is -0.178 e. The Morgan fingerprint density at radius 3 is 2.11 bits per heavy atom. The van der Waals surface area contributed by atoms with E-state index in [2.05, 4.69) is 9.12 Å². The van der Waals surface area contributed by atoms with Gasteiger partial charge in [0.1, 0.15) is 0 Å². The third-order valence-corrected chi connectivity index (χ3v) is 1.74. The summed E-state index contributed by atoms with van der Waals surface area (Å²) >= 11 is 0. The van der Waals surface area contributed by atoms with Gasteiger partial charge in [-0.1, -0.05) is 0 Å². The van der Waals surface area contributed by atoms with Crippen LogP contribution < -0.4 is 4.72 Å². The number of alkyl halides is 3. The van der Waals surface area contributed by atoms with Crippen molar-refractivity contribution in [1.29, 1.82) is 0 Å². The van der Waals surface area contributed by atoms with Crippen LogP contribution in [0.25, 0.3) is 0 Å². The fourth-order valence-electron chi connectivity index (χ4n) is 0.224. The average Bonchev–Trinajstić information content (AvgIpc) is 2.08. The molecule has 0 aliphatic carbocycles. The predicted molar refractivity (Wildman–Crippen MR) is 30.8 cm³/mol. The first-order chi connectivity index (χ1) is 4.11. The average molecular weight is 173 g/mol. The van der Waals surface area contributed by atoms with E-state index in [1.807, 2.05) is 0 Å². The van der Waals surface area contributed by atoms with Crippen molar-refractivity contribution in [2.24, 2.45) is 4.40 Å². The van der Waals surface area contributed by atoms with E-state index >= 15 is 0 Å². The second-order valence-electron chi connectivity index (χ2n) is 1.15. The summed E-state index contributed by atoms with van der Waals surface area (Å²) in [5.41, 5.74) is 0. The topological polar surface area (TPSA) is 26.5 Å². The highest BCUT2D eigenvalue weighted by Gasteiger charge is 2.39. The molecule has 0 unspecified atom stereocenters. The van der Waals surface area contributed by atoms with Gasteiger partial charge in [0.25, 0.3) is 5.84 Å². The first-order valence-electron chi connectivity index (χ1n) is 1.80. The van der Waals surface area contributed by atoms with Crippen molar-refractivity contribution in [2.75, 3.05) is 0 Å². The van der Waals surface area contributed by atoms with Crippen LogP contribution in [0, 0.1) is 0 Å². The van der Waals surface area contributed by atoms with E-state index in [0.29, 0.717) is 0 Å².